The lowest BCUT2D eigenvalue weighted by Crippen LogP contribution is -2.31. The average molecular weight is 298 g/mol. The summed E-state index contributed by atoms with van der Waals surface area (Å²) < 4.78 is 9.98. The Morgan fingerprint density at radius 3 is 2.29 bits per heavy atom. The van der Waals surface area contributed by atoms with Crippen molar-refractivity contribution in [2.75, 3.05) is 45.4 Å². The van der Waals surface area contributed by atoms with E-state index in [2.05, 4.69) is 0 Å². The Bertz CT molecular complexity index is 497. The number of rotatable bonds is 9. The molecule has 0 saturated heterocycles. The lowest BCUT2D eigenvalue weighted by molar-refractivity contribution is -0.384. The third-order valence-corrected chi connectivity index (χ3v) is 2.89. The first kappa shape index (κ1) is 16.9. The van der Waals surface area contributed by atoms with Gasteiger partial charge < -0.3 is 19.5 Å². The van der Waals surface area contributed by atoms with Crippen LogP contribution in [0.15, 0.2) is 18.2 Å². The fraction of sp³-hybridized carbons (Fsp3) is 0.462. The highest BCUT2D eigenvalue weighted by Crippen LogP contribution is 2.29. The summed E-state index contributed by atoms with van der Waals surface area (Å²) >= 11 is 0. The van der Waals surface area contributed by atoms with Crippen LogP contribution in [0.5, 0.6) is 0 Å². The van der Waals surface area contributed by atoms with E-state index in [1.165, 1.54) is 26.4 Å². The maximum absolute atomic E-state index is 11.2. The van der Waals surface area contributed by atoms with Gasteiger partial charge in [-0.1, -0.05) is 0 Å². The van der Waals surface area contributed by atoms with E-state index in [0.29, 0.717) is 32.0 Å². The van der Waals surface area contributed by atoms with Crippen molar-refractivity contribution in [2.45, 2.75) is 0 Å². The first-order valence-corrected chi connectivity index (χ1v) is 6.25. The maximum atomic E-state index is 11.2. The summed E-state index contributed by atoms with van der Waals surface area (Å²) in [6, 6.07) is 3.84. The van der Waals surface area contributed by atoms with Gasteiger partial charge in [-0.15, -0.1) is 0 Å². The van der Waals surface area contributed by atoms with Crippen LogP contribution in [0.4, 0.5) is 11.4 Å². The van der Waals surface area contributed by atoms with Crippen molar-refractivity contribution in [1.29, 1.82) is 0 Å². The Kier molecular flexibility index (Phi) is 6.57. The van der Waals surface area contributed by atoms with Crippen LogP contribution in [-0.2, 0) is 9.47 Å². The molecule has 1 rings (SSSR count). The van der Waals surface area contributed by atoms with Gasteiger partial charge in [-0.3, -0.25) is 10.1 Å². The van der Waals surface area contributed by atoms with Crippen molar-refractivity contribution >= 4 is 17.3 Å². The van der Waals surface area contributed by atoms with E-state index in [9.17, 15) is 14.9 Å². The average Bonchev–Trinajstić information content (AvgIpc) is 2.46. The number of aromatic carboxylic acids is 1. The van der Waals surface area contributed by atoms with Gasteiger partial charge in [0.05, 0.1) is 23.7 Å². The quantitative estimate of drug-likeness (QED) is 0.543. The van der Waals surface area contributed by atoms with Crippen LogP contribution in [-0.4, -0.2) is 56.5 Å². The second kappa shape index (κ2) is 8.18. The van der Waals surface area contributed by atoms with Gasteiger partial charge in [0, 0.05) is 33.4 Å². The van der Waals surface area contributed by atoms with E-state index >= 15 is 0 Å². The SMILES string of the molecule is COCCN(CCOC)c1ccc(C(=O)O)cc1[N+](=O)[O-]. The zero-order valence-corrected chi connectivity index (χ0v) is 11.9. The smallest absolute Gasteiger partial charge is 0.335 e. The number of nitrogens with zero attached hydrogens (tertiary/aromatic N) is 2. The highest BCUT2D eigenvalue weighted by molar-refractivity contribution is 5.89. The van der Waals surface area contributed by atoms with Crippen molar-refractivity contribution < 1.29 is 24.3 Å². The molecule has 0 heterocycles. The van der Waals surface area contributed by atoms with Gasteiger partial charge in [0.1, 0.15) is 5.69 Å². The highest BCUT2D eigenvalue weighted by Gasteiger charge is 2.21. The lowest BCUT2D eigenvalue weighted by atomic mass is 10.1. The topological polar surface area (TPSA) is 102 Å². The molecule has 0 spiro atoms. The van der Waals surface area contributed by atoms with Crippen LogP contribution < -0.4 is 4.90 Å². The number of anilines is 1. The molecule has 0 bridgehead atoms. The number of carbonyl (C=O) groups is 1. The number of hydrogen-bond acceptors (Lipinski definition) is 6. The van der Waals surface area contributed by atoms with Crippen LogP contribution in [0, 0.1) is 10.1 Å². The van der Waals surface area contributed by atoms with Crippen molar-refractivity contribution in [3.05, 3.63) is 33.9 Å². The van der Waals surface area contributed by atoms with Gasteiger partial charge in [-0.25, -0.2) is 4.79 Å². The minimum Gasteiger partial charge on any atom is -0.478 e. The summed E-state index contributed by atoms with van der Waals surface area (Å²) in [4.78, 5) is 23.2. The molecule has 0 aliphatic carbocycles. The molecule has 8 nitrogen and oxygen atoms in total. The number of benzene rings is 1. The number of methoxy groups -OCH3 is 2. The molecule has 0 unspecified atom stereocenters. The van der Waals surface area contributed by atoms with Gasteiger partial charge in [0.15, 0.2) is 0 Å². The summed E-state index contributed by atoms with van der Waals surface area (Å²) in [5.74, 6) is -1.20. The molecular weight excluding hydrogens is 280 g/mol. The molecule has 8 heteroatoms. The normalized spacial score (nSPS) is 10.4. The molecule has 0 radical (unpaired) electrons. The van der Waals surface area contributed by atoms with Gasteiger partial charge in [-0.05, 0) is 12.1 Å². The predicted octanol–water partition coefficient (Wildman–Crippen LogP) is 1.39. The monoisotopic (exact) mass is 298 g/mol. The first-order valence-electron chi connectivity index (χ1n) is 6.25. The molecule has 1 N–H and O–H groups in total. The zero-order chi connectivity index (χ0) is 15.8. The van der Waals surface area contributed by atoms with Gasteiger partial charge in [0.2, 0.25) is 0 Å². The zero-order valence-electron chi connectivity index (χ0n) is 11.9. The number of hydrogen-bond donors (Lipinski definition) is 1. The van der Waals surface area contributed by atoms with Crippen LogP contribution in [0.2, 0.25) is 0 Å². The summed E-state index contributed by atoms with van der Waals surface area (Å²) in [6.45, 7) is 1.66. The number of nitro groups is 1. The van der Waals surface area contributed by atoms with E-state index < -0.39 is 10.9 Å². The largest absolute Gasteiger partial charge is 0.478 e. The van der Waals surface area contributed by atoms with Crippen molar-refractivity contribution in [3.8, 4) is 0 Å². The molecule has 0 amide bonds. The van der Waals surface area contributed by atoms with Gasteiger partial charge in [0.25, 0.3) is 5.69 Å². The molecule has 116 valence electrons. The number of ether oxygens (including phenoxy) is 2. The van der Waals surface area contributed by atoms with Crippen molar-refractivity contribution in [2.24, 2.45) is 0 Å². The third kappa shape index (κ3) is 4.69. The van der Waals surface area contributed by atoms with Gasteiger partial charge in [-0.2, -0.15) is 0 Å². The maximum Gasteiger partial charge on any atom is 0.335 e. The van der Waals surface area contributed by atoms with E-state index in [1.807, 2.05) is 0 Å². The Labute approximate surface area is 122 Å². The molecule has 0 fully saturated rings. The molecule has 1 aromatic rings. The van der Waals surface area contributed by atoms with E-state index in [4.69, 9.17) is 14.6 Å². The molecule has 1 aromatic carbocycles. The predicted molar refractivity (Wildman–Crippen MR) is 76.0 cm³/mol. The van der Waals surface area contributed by atoms with E-state index in [1.54, 1.807) is 4.90 Å². The van der Waals surface area contributed by atoms with Crippen LogP contribution in [0.3, 0.4) is 0 Å². The Hall–Kier alpha value is -2.19. The second-order valence-electron chi connectivity index (χ2n) is 4.24. The van der Waals surface area contributed by atoms with Crippen LogP contribution in [0.1, 0.15) is 10.4 Å². The lowest BCUT2D eigenvalue weighted by Gasteiger charge is -2.24. The van der Waals surface area contributed by atoms with E-state index in [-0.39, 0.29) is 11.3 Å². The molecule has 0 saturated carbocycles. The number of carboxylic acid groups (broad SMARTS) is 1. The summed E-state index contributed by atoms with van der Waals surface area (Å²) in [5.41, 5.74) is -0.0231. The molecule has 0 aliphatic heterocycles. The minimum atomic E-state index is -1.20. The number of nitro benzene ring substituents is 1. The summed E-state index contributed by atoms with van der Waals surface area (Å²) in [5, 5.41) is 20.1. The molecule has 0 aromatic heterocycles. The van der Waals surface area contributed by atoms with Crippen molar-refractivity contribution in [3.63, 3.8) is 0 Å². The second-order valence-corrected chi connectivity index (χ2v) is 4.24. The highest BCUT2D eigenvalue weighted by atomic mass is 16.6. The van der Waals surface area contributed by atoms with E-state index in [0.717, 1.165) is 6.07 Å². The van der Waals surface area contributed by atoms with Gasteiger partial charge >= 0.3 is 5.97 Å². The van der Waals surface area contributed by atoms with Crippen molar-refractivity contribution in [1.82, 2.24) is 0 Å². The standard InChI is InChI=1S/C13H18N2O6/c1-20-7-5-14(6-8-21-2)11-4-3-10(13(16)17)9-12(11)15(18)19/h3-4,9H,5-8H2,1-2H3,(H,16,17). The van der Waals surface area contributed by atoms with Crippen LogP contribution >= 0.6 is 0 Å². The summed E-state index contributed by atoms with van der Waals surface area (Å²) in [7, 11) is 3.08. The Morgan fingerprint density at radius 2 is 1.86 bits per heavy atom. The minimum absolute atomic E-state index is 0.121. The fourth-order valence-corrected chi connectivity index (χ4v) is 1.83. The number of carboxylic acids is 1. The Balaban J connectivity index is 3.15. The Morgan fingerprint density at radius 1 is 1.29 bits per heavy atom. The molecule has 0 atom stereocenters. The summed E-state index contributed by atoms with van der Waals surface area (Å²) in [6.07, 6.45) is 0. The van der Waals surface area contributed by atoms with Crippen LogP contribution in [0.25, 0.3) is 0 Å². The first-order chi connectivity index (χ1) is 10.0. The third-order valence-electron chi connectivity index (χ3n) is 2.89. The molecule has 0 aliphatic rings. The molecule has 21 heavy (non-hydrogen) atoms. The fourth-order valence-electron chi connectivity index (χ4n) is 1.83. The molecular formula is C13H18N2O6.